The molecule has 0 amide bonds. The molecule has 5 rings (SSSR count). The van der Waals surface area contributed by atoms with Gasteiger partial charge >= 0.3 is 5.69 Å². The van der Waals surface area contributed by atoms with Crippen LogP contribution in [-0.2, 0) is 6.42 Å². The molecule has 0 bridgehead atoms. The molecular weight excluding hydrogens is 447 g/mol. The molecule has 1 saturated carbocycles. The molecule has 0 aliphatic heterocycles. The topological polar surface area (TPSA) is 149 Å². The lowest BCUT2D eigenvalue weighted by Crippen LogP contribution is -2.33. The van der Waals surface area contributed by atoms with E-state index in [0.29, 0.717) is 23.5 Å². The number of rotatable bonds is 4. The third kappa shape index (κ3) is 3.41. The molecule has 10 nitrogen and oxygen atoms in total. The zero-order valence-corrected chi connectivity index (χ0v) is 17.4. The van der Waals surface area contributed by atoms with Crippen LogP contribution >= 0.6 is 23.2 Å². The highest BCUT2D eigenvalue weighted by molar-refractivity contribution is 6.37. The second kappa shape index (κ2) is 7.24. The monoisotopic (exact) mass is 463 g/mol. The first-order valence-electron chi connectivity index (χ1n) is 10.0. The standard InChI is InChI=1S/C19H16Cl2N6O4/c20-11-5-8(27-19(30)23-17(29)15(22)26-27)6-12(21)14(11)31-18-10-4-3-9(7-1-2-7)13(10)16(28)24-25-18/h5-7,9H,1-4H2,(H2,22,26)(H,24,28)(H,23,29,30)/i5D. The van der Waals surface area contributed by atoms with E-state index in [1.807, 2.05) is 4.98 Å². The molecule has 160 valence electrons. The average molecular weight is 464 g/mol. The van der Waals surface area contributed by atoms with Gasteiger partial charge in [-0.1, -0.05) is 23.2 Å². The first-order chi connectivity index (χ1) is 15.3. The largest absolute Gasteiger partial charge is 0.434 e. The van der Waals surface area contributed by atoms with E-state index in [-0.39, 0.29) is 44.9 Å². The van der Waals surface area contributed by atoms with Gasteiger partial charge in [-0.2, -0.15) is 4.68 Å². The number of halogens is 2. The van der Waals surface area contributed by atoms with Gasteiger partial charge in [0, 0.05) is 11.1 Å². The van der Waals surface area contributed by atoms with Gasteiger partial charge in [-0.3, -0.25) is 14.6 Å². The summed E-state index contributed by atoms with van der Waals surface area (Å²) in [7, 11) is 0. The SMILES string of the molecule is [2H]c1c(-n2nc(N)c(=O)[nH]c2=O)cc(Cl)c(Oc2n[nH]c(=O)c3c2CCC3C2CC2)c1Cl. The number of fused-ring (bicyclic) bond motifs is 1. The summed E-state index contributed by atoms with van der Waals surface area (Å²) in [5, 5.41) is 9.96. The van der Waals surface area contributed by atoms with Crippen molar-refractivity contribution in [2.24, 2.45) is 5.92 Å². The van der Waals surface area contributed by atoms with E-state index in [1.54, 1.807) is 0 Å². The summed E-state index contributed by atoms with van der Waals surface area (Å²) in [5.41, 5.74) is 4.79. The average Bonchev–Trinajstić information content (AvgIpc) is 3.50. The van der Waals surface area contributed by atoms with Crippen LogP contribution in [0.25, 0.3) is 5.69 Å². The van der Waals surface area contributed by atoms with Crippen molar-refractivity contribution in [2.45, 2.75) is 31.6 Å². The summed E-state index contributed by atoms with van der Waals surface area (Å²) in [6.45, 7) is 0. The Morgan fingerprint density at radius 3 is 2.71 bits per heavy atom. The summed E-state index contributed by atoms with van der Waals surface area (Å²) >= 11 is 12.7. The number of aromatic amines is 2. The van der Waals surface area contributed by atoms with Crippen LogP contribution in [0.3, 0.4) is 0 Å². The maximum Gasteiger partial charge on any atom is 0.349 e. The van der Waals surface area contributed by atoms with Gasteiger partial charge < -0.3 is 10.5 Å². The number of nitrogens with one attached hydrogen (secondary N) is 2. The zero-order valence-electron chi connectivity index (χ0n) is 16.9. The molecule has 2 heterocycles. The fourth-order valence-electron chi connectivity index (χ4n) is 3.99. The molecule has 0 spiro atoms. The van der Waals surface area contributed by atoms with E-state index in [4.69, 9.17) is 35.0 Å². The molecule has 0 saturated heterocycles. The number of benzene rings is 1. The molecule has 1 unspecified atom stereocenters. The second-order valence-electron chi connectivity index (χ2n) is 7.54. The Bertz CT molecular complexity index is 1450. The van der Waals surface area contributed by atoms with Gasteiger partial charge in [-0.05, 0) is 49.6 Å². The molecule has 2 aromatic heterocycles. The molecule has 4 N–H and O–H groups in total. The lowest BCUT2D eigenvalue weighted by molar-refractivity contribution is 0.448. The number of ether oxygens (including phenoxy) is 1. The van der Waals surface area contributed by atoms with Gasteiger partial charge in [0.1, 0.15) is 0 Å². The lowest BCUT2D eigenvalue weighted by atomic mass is 9.98. The Morgan fingerprint density at radius 2 is 1.97 bits per heavy atom. The molecular formula is C19H16Cl2N6O4. The molecule has 31 heavy (non-hydrogen) atoms. The number of hydrogen-bond donors (Lipinski definition) is 3. The lowest BCUT2D eigenvalue weighted by Gasteiger charge is -2.14. The number of H-pyrrole nitrogens is 2. The molecule has 12 heteroatoms. The van der Waals surface area contributed by atoms with Crippen LogP contribution in [0.15, 0.2) is 26.5 Å². The van der Waals surface area contributed by atoms with Crippen LogP contribution in [0.2, 0.25) is 10.0 Å². The number of nitrogen functional groups attached to an aromatic ring is 1. The number of aromatic nitrogens is 5. The van der Waals surface area contributed by atoms with Crippen molar-refractivity contribution < 1.29 is 6.11 Å². The predicted molar refractivity (Wildman–Crippen MR) is 114 cm³/mol. The van der Waals surface area contributed by atoms with Crippen LogP contribution in [0.1, 0.15) is 37.7 Å². The zero-order chi connectivity index (χ0) is 22.7. The van der Waals surface area contributed by atoms with E-state index < -0.39 is 17.1 Å². The number of nitrogens with zero attached hydrogens (tertiary/aromatic N) is 3. The highest BCUT2D eigenvalue weighted by Gasteiger charge is 2.40. The third-order valence-corrected chi connectivity index (χ3v) is 6.10. The Balaban J connectivity index is 1.58. The number of hydrogen-bond acceptors (Lipinski definition) is 7. The van der Waals surface area contributed by atoms with Crippen LogP contribution in [-0.4, -0.2) is 25.0 Å². The Morgan fingerprint density at radius 1 is 1.19 bits per heavy atom. The van der Waals surface area contributed by atoms with E-state index in [2.05, 4.69) is 15.3 Å². The van der Waals surface area contributed by atoms with Crippen molar-refractivity contribution in [1.82, 2.24) is 25.0 Å². The van der Waals surface area contributed by atoms with Crippen molar-refractivity contribution in [3.63, 3.8) is 0 Å². The maximum absolute atomic E-state index is 12.4. The highest BCUT2D eigenvalue weighted by Crippen LogP contribution is 2.50. The van der Waals surface area contributed by atoms with E-state index in [0.717, 1.165) is 23.9 Å². The van der Waals surface area contributed by atoms with Crippen molar-refractivity contribution in [3.05, 3.63) is 64.5 Å². The molecule has 2 aliphatic carbocycles. The summed E-state index contributed by atoms with van der Waals surface area (Å²) in [5.74, 6) is 0.346. The smallest absolute Gasteiger partial charge is 0.349 e. The minimum Gasteiger partial charge on any atom is -0.434 e. The first kappa shape index (κ1) is 18.6. The van der Waals surface area contributed by atoms with Crippen molar-refractivity contribution in [1.29, 1.82) is 0 Å². The quantitative estimate of drug-likeness (QED) is 0.536. The van der Waals surface area contributed by atoms with Crippen LogP contribution in [0, 0.1) is 5.92 Å². The normalized spacial score (nSPS) is 18.0. The van der Waals surface area contributed by atoms with Crippen molar-refractivity contribution in [3.8, 4) is 17.3 Å². The Hall–Kier alpha value is -3.11. The van der Waals surface area contributed by atoms with Crippen molar-refractivity contribution in [2.75, 3.05) is 5.73 Å². The summed E-state index contributed by atoms with van der Waals surface area (Å²) in [4.78, 5) is 38.0. The van der Waals surface area contributed by atoms with Gasteiger partial charge in [0.15, 0.2) is 5.75 Å². The van der Waals surface area contributed by atoms with Gasteiger partial charge in [0.25, 0.3) is 11.1 Å². The molecule has 0 radical (unpaired) electrons. The van der Waals surface area contributed by atoms with Gasteiger partial charge in [-0.25, -0.2) is 9.89 Å². The third-order valence-electron chi connectivity index (χ3n) is 5.55. The maximum atomic E-state index is 12.4. The minimum atomic E-state index is -0.912. The number of anilines is 1. The molecule has 1 atom stereocenters. The van der Waals surface area contributed by atoms with E-state index >= 15 is 0 Å². The summed E-state index contributed by atoms with van der Waals surface area (Å²) < 4.78 is 15.0. The van der Waals surface area contributed by atoms with Crippen molar-refractivity contribution >= 4 is 29.0 Å². The van der Waals surface area contributed by atoms with E-state index in [1.165, 1.54) is 6.07 Å². The first-order valence-corrected chi connectivity index (χ1v) is 10.3. The molecule has 1 aromatic carbocycles. The van der Waals surface area contributed by atoms with Crippen LogP contribution in [0.5, 0.6) is 11.6 Å². The molecule has 3 aromatic rings. The Labute approximate surface area is 185 Å². The fraction of sp³-hybridized carbons (Fsp3) is 0.316. The van der Waals surface area contributed by atoms with Gasteiger partial charge in [0.2, 0.25) is 11.7 Å². The van der Waals surface area contributed by atoms with E-state index in [9.17, 15) is 14.4 Å². The molecule has 2 aliphatic rings. The molecule has 1 fully saturated rings. The minimum absolute atomic E-state index is 0.0297. The summed E-state index contributed by atoms with van der Waals surface area (Å²) in [6, 6.07) is 0.917. The fourth-order valence-corrected chi connectivity index (χ4v) is 4.51. The Kier molecular flexibility index (Phi) is 4.35. The van der Waals surface area contributed by atoms with Crippen LogP contribution < -0.4 is 27.3 Å². The van der Waals surface area contributed by atoms with Crippen LogP contribution in [0.4, 0.5) is 5.82 Å². The predicted octanol–water partition coefficient (Wildman–Crippen LogP) is 2.13. The van der Waals surface area contributed by atoms with Gasteiger partial charge in [-0.15, -0.1) is 10.2 Å². The summed E-state index contributed by atoms with van der Waals surface area (Å²) in [6.07, 6.45) is 3.69. The highest BCUT2D eigenvalue weighted by atomic mass is 35.5. The second-order valence-corrected chi connectivity index (χ2v) is 8.32. The van der Waals surface area contributed by atoms with Gasteiger partial charge in [0.05, 0.1) is 17.1 Å². The number of nitrogens with two attached hydrogens (primary N) is 1.